The van der Waals surface area contributed by atoms with E-state index < -0.39 is 0 Å². The van der Waals surface area contributed by atoms with Gasteiger partial charge in [-0.25, -0.2) is 4.79 Å². The highest BCUT2D eigenvalue weighted by molar-refractivity contribution is 5.92. The summed E-state index contributed by atoms with van der Waals surface area (Å²) in [6.45, 7) is 4.54. The summed E-state index contributed by atoms with van der Waals surface area (Å²) in [4.78, 5) is 23.7. The van der Waals surface area contributed by atoms with Crippen LogP contribution >= 0.6 is 0 Å². The Bertz CT molecular complexity index is 757. The minimum absolute atomic E-state index is 0.107. The van der Waals surface area contributed by atoms with Crippen LogP contribution in [0.5, 0.6) is 5.75 Å². The summed E-state index contributed by atoms with van der Waals surface area (Å²) in [6, 6.07) is 12.6. The maximum absolute atomic E-state index is 12.1. The van der Waals surface area contributed by atoms with Crippen LogP contribution in [0.2, 0.25) is 0 Å². The molecule has 0 saturated carbocycles. The van der Waals surface area contributed by atoms with Crippen LogP contribution in [0.4, 0.5) is 11.4 Å². The third-order valence-corrected chi connectivity index (χ3v) is 3.71. The molecule has 0 aliphatic rings. The Morgan fingerprint density at radius 1 is 1.08 bits per heavy atom. The first-order valence-electron chi connectivity index (χ1n) is 8.49. The van der Waals surface area contributed by atoms with Gasteiger partial charge in [0.2, 0.25) is 5.91 Å². The Balaban J connectivity index is 1.83. The van der Waals surface area contributed by atoms with E-state index in [1.165, 1.54) is 0 Å². The molecule has 0 bridgehead atoms. The van der Waals surface area contributed by atoms with Gasteiger partial charge in [-0.2, -0.15) is 0 Å². The molecule has 0 saturated heterocycles. The second-order valence-electron chi connectivity index (χ2n) is 5.73. The summed E-state index contributed by atoms with van der Waals surface area (Å²) in [5, 5.41) is 6.02. The second-order valence-corrected chi connectivity index (χ2v) is 5.73. The molecule has 0 fully saturated rings. The van der Waals surface area contributed by atoms with Crippen LogP contribution in [0.3, 0.4) is 0 Å². The molecule has 0 spiro atoms. The number of ether oxygens (including phenoxy) is 2. The van der Waals surface area contributed by atoms with E-state index in [0.717, 1.165) is 11.3 Å². The Labute approximate surface area is 153 Å². The summed E-state index contributed by atoms with van der Waals surface area (Å²) >= 11 is 0. The fraction of sp³-hybridized carbons (Fsp3) is 0.300. The Kier molecular flexibility index (Phi) is 7.02. The van der Waals surface area contributed by atoms with E-state index in [0.29, 0.717) is 36.6 Å². The Morgan fingerprint density at radius 2 is 1.81 bits per heavy atom. The van der Waals surface area contributed by atoms with Crippen molar-refractivity contribution in [2.75, 3.05) is 30.9 Å². The van der Waals surface area contributed by atoms with E-state index in [-0.39, 0.29) is 11.9 Å². The number of anilines is 2. The molecule has 2 aromatic carbocycles. The summed E-state index contributed by atoms with van der Waals surface area (Å²) in [5.41, 5.74) is 3.04. The van der Waals surface area contributed by atoms with Gasteiger partial charge in [0, 0.05) is 18.7 Å². The van der Waals surface area contributed by atoms with Gasteiger partial charge in [0.15, 0.2) is 0 Å². The molecule has 0 aliphatic carbocycles. The lowest BCUT2D eigenvalue weighted by Gasteiger charge is -2.11. The lowest BCUT2D eigenvalue weighted by molar-refractivity contribution is -0.116. The van der Waals surface area contributed by atoms with Gasteiger partial charge in [-0.3, -0.25) is 4.79 Å². The molecule has 2 N–H and O–H groups in total. The molecular formula is C20H24N2O4. The molecule has 6 nitrogen and oxygen atoms in total. The van der Waals surface area contributed by atoms with Crippen molar-refractivity contribution in [2.45, 2.75) is 20.3 Å². The third-order valence-electron chi connectivity index (χ3n) is 3.71. The van der Waals surface area contributed by atoms with Crippen molar-refractivity contribution in [3.63, 3.8) is 0 Å². The average Bonchev–Trinajstić information content (AvgIpc) is 2.62. The van der Waals surface area contributed by atoms with Crippen molar-refractivity contribution in [3.8, 4) is 5.75 Å². The third kappa shape index (κ3) is 5.51. The van der Waals surface area contributed by atoms with Gasteiger partial charge in [0.05, 0.1) is 25.0 Å². The summed E-state index contributed by atoms with van der Waals surface area (Å²) in [7, 11) is 1.57. The number of rotatable bonds is 8. The van der Waals surface area contributed by atoms with Crippen molar-refractivity contribution >= 4 is 23.3 Å². The molecule has 0 unspecified atom stereocenters. The molecule has 138 valence electrons. The van der Waals surface area contributed by atoms with Crippen molar-refractivity contribution in [1.82, 2.24) is 0 Å². The lowest BCUT2D eigenvalue weighted by atomic mass is 10.2. The van der Waals surface area contributed by atoms with Gasteiger partial charge in [-0.15, -0.1) is 0 Å². The van der Waals surface area contributed by atoms with Crippen LogP contribution in [0.1, 0.15) is 29.3 Å². The van der Waals surface area contributed by atoms with Gasteiger partial charge in [0.25, 0.3) is 0 Å². The van der Waals surface area contributed by atoms with Crippen LogP contribution in [-0.4, -0.2) is 32.1 Å². The topological polar surface area (TPSA) is 76.7 Å². The zero-order chi connectivity index (χ0) is 18.9. The molecule has 0 heterocycles. The molecule has 0 aromatic heterocycles. The first kappa shape index (κ1) is 19.3. The van der Waals surface area contributed by atoms with E-state index >= 15 is 0 Å². The van der Waals surface area contributed by atoms with Crippen LogP contribution in [0, 0.1) is 6.92 Å². The average molecular weight is 356 g/mol. The molecule has 26 heavy (non-hydrogen) atoms. The van der Waals surface area contributed by atoms with Gasteiger partial charge in [-0.1, -0.05) is 6.07 Å². The number of hydrogen-bond donors (Lipinski definition) is 2. The minimum atomic E-state index is -0.342. The van der Waals surface area contributed by atoms with E-state index in [1.807, 2.05) is 25.1 Å². The number of benzene rings is 2. The van der Waals surface area contributed by atoms with E-state index in [2.05, 4.69) is 10.6 Å². The maximum atomic E-state index is 12.1. The maximum Gasteiger partial charge on any atom is 0.338 e. The second kappa shape index (κ2) is 9.46. The first-order chi connectivity index (χ1) is 12.5. The fourth-order valence-corrected chi connectivity index (χ4v) is 2.39. The fourth-order valence-electron chi connectivity index (χ4n) is 2.39. The molecule has 0 radical (unpaired) electrons. The number of methoxy groups -OCH3 is 1. The van der Waals surface area contributed by atoms with Gasteiger partial charge in [0.1, 0.15) is 5.75 Å². The smallest absolute Gasteiger partial charge is 0.338 e. The Hall–Kier alpha value is -3.02. The predicted molar refractivity (Wildman–Crippen MR) is 102 cm³/mol. The number of hydrogen-bond acceptors (Lipinski definition) is 5. The molecule has 6 heteroatoms. The molecular weight excluding hydrogens is 332 g/mol. The van der Waals surface area contributed by atoms with Crippen LogP contribution < -0.4 is 15.4 Å². The highest BCUT2D eigenvalue weighted by Gasteiger charge is 2.08. The molecule has 1 amide bonds. The quantitative estimate of drug-likeness (QED) is 0.707. The number of esters is 1. The minimum Gasteiger partial charge on any atom is -0.495 e. The number of amides is 1. The van der Waals surface area contributed by atoms with E-state index in [4.69, 9.17) is 9.47 Å². The van der Waals surface area contributed by atoms with Crippen LogP contribution in [-0.2, 0) is 9.53 Å². The van der Waals surface area contributed by atoms with Crippen molar-refractivity contribution in [2.24, 2.45) is 0 Å². The Morgan fingerprint density at radius 3 is 2.46 bits per heavy atom. The molecule has 0 aliphatic heterocycles. The van der Waals surface area contributed by atoms with Gasteiger partial charge in [-0.05, 0) is 55.8 Å². The van der Waals surface area contributed by atoms with Crippen LogP contribution in [0.15, 0.2) is 42.5 Å². The normalized spacial score (nSPS) is 10.1. The number of nitrogens with one attached hydrogen (secondary N) is 2. The van der Waals surface area contributed by atoms with Crippen LogP contribution in [0.25, 0.3) is 0 Å². The van der Waals surface area contributed by atoms with Gasteiger partial charge >= 0.3 is 5.97 Å². The molecule has 2 rings (SSSR count). The molecule has 0 atom stereocenters. The van der Waals surface area contributed by atoms with Crippen molar-refractivity contribution < 1.29 is 19.1 Å². The van der Waals surface area contributed by atoms with Gasteiger partial charge < -0.3 is 20.1 Å². The van der Waals surface area contributed by atoms with Crippen molar-refractivity contribution in [1.29, 1.82) is 0 Å². The zero-order valence-corrected chi connectivity index (χ0v) is 15.3. The monoisotopic (exact) mass is 356 g/mol. The summed E-state index contributed by atoms with van der Waals surface area (Å²) < 4.78 is 10.2. The largest absolute Gasteiger partial charge is 0.495 e. The summed E-state index contributed by atoms with van der Waals surface area (Å²) in [5.74, 6) is 0.182. The lowest BCUT2D eigenvalue weighted by Crippen LogP contribution is -2.16. The predicted octanol–water partition coefficient (Wildman–Crippen LogP) is 3.62. The molecule has 2 aromatic rings. The number of aryl methyl sites for hydroxylation is 1. The summed E-state index contributed by atoms with van der Waals surface area (Å²) in [6.07, 6.45) is 0.302. The highest BCUT2D eigenvalue weighted by atomic mass is 16.5. The van der Waals surface area contributed by atoms with Crippen molar-refractivity contribution in [3.05, 3.63) is 53.6 Å². The SMILES string of the molecule is CCOC(=O)c1ccc(NCCC(=O)Nc2cc(C)ccc2OC)cc1. The van der Waals surface area contributed by atoms with E-state index in [1.54, 1.807) is 38.3 Å². The number of carbonyl (C=O) groups excluding carboxylic acids is 2. The number of carbonyl (C=O) groups is 2. The standard InChI is InChI=1S/C20H24N2O4/c1-4-26-20(24)15-6-8-16(9-7-15)21-12-11-19(23)22-17-13-14(2)5-10-18(17)25-3/h5-10,13,21H,4,11-12H2,1-3H3,(H,22,23). The zero-order valence-electron chi connectivity index (χ0n) is 15.3. The first-order valence-corrected chi connectivity index (χ1v) is 8.49. The van der Waals surface area contributed by atoms with E-state index in [9.17, 15) is 9.59 Å². The highest BCUT2D eigenvalue weighted by Crippen LogP contribution is 2.25.